The zero-order chi connectivity index (χ0) is 20.9. The second-order valence-electron chi connectivity index (χ2n) is 5.60. The second kappa shape index (κ2) is 8.38. The van der Waals surface area contributed by atoms with Crippen LogP contribution >= 0.6 is 0 Å². The highest BCUT2D eigenvalue weighted by molar-refractivity contribution is 5.96. The Morgan fingerprint density at radius 1 is 0.964 bits per heavy atom. The summed E-state index contributed by atoms with van der Waals surface area (Å²) in [4.78, 5) is 25.0. The molecule has 3 rings (SSSR count). The lowest BCUT2D eigenvalue weighted by atomic mass is 10.0. The lowest BCUT2D eigenvalue weighted by Crippen LogP contribution is -2.06. The van der Waals surface area contributed by atoms with Gasteiger partial charge in [-0.2, -0.15) is 13.2 Å². The first kappa shape index (κ1) is 20.7. The number of aromatic nitrogens is 2. The summed E-state index contributed by atoms with van der Waals surface area (Å²) in [6.07, 6.45) is 0.482. The Balaban J connectivity index is 0.000000203. The molecule has 0 aliphatic carbocycles. The fraction of sp³-hybridized carbons (Fsp3) is 0.105. The summed E-state index contributed by atoms with van der Waals surface area (Å²) in [5, 5.41) is 17.4. The van der Waals surface area contributed by atoms with Gasteiger partial charge in [0.2, 0.25) is 0 Å². The Hall–Kier alpha value is -3.62. The molecule has 0 radical (unpaired) electrons. The van der Waals surface area contributed by atoms with Crippen molar-refractivity contribution in [3.05, 3.63) is 83.4 Å². The van der Waals surface area contributed by atoms with Crippen molar-refractivity contribution in [1.82, 2.24) is 9.55 Å². The quantitative estimate of drug-likeness (QED) is 0.694. The summed E-state index contributed by atoms with van der Waals surface area (Å²) >= 11 is 0. The standard InChI is InChI=1S/C10H7F3N2.C9H8O4/c11-10(12,13)8-1-3-9(4-2-8)15-6-5-14-7-15;1-5-6(8(10)11)3-2-4-7(5)9(12)13/h1-7H;2-4H,1H3,(H,10,11)(H,12,13). The van der Waals surface area contributed by atoms with E-state index in [2.05, 4.69) is 4.98 Å². The Morgan fingerprint density at radius 2 is 1.50 bits per heavy atom. The predicted octanol–water partition coefficient (Wildman–Crippen LogP) is 4.28. The molecule has 3 aromatic rings. The van der Waals surface area contributed by atoms with Crippen molar-refractivity contribution in [1.29, 1.82) is 0 Å². The van der Waals surface area contributed by atoms with Crippen molar-refractivity contribution in [3.63, 3.8) is 0 Å². The topological polar surface area (TPSA) is 92.4 Å². The third-order valence-electron chi connectivity index (χ3n) is 3.79. The van der Waals surface area contributed by atoms with Gasteiger partial charge in [-0.25, -0.2) is 14.6 Å². The van der Waals surface area contributed by atoms with Crippen molar-refractivity contribution in [2.24, 2.45) is 0 Å². The number of carbonyl (C=O) groups is 2. The van der Waals surface area contributed by atoms with E-state index >= 15 is 0 Å². The Bertz CT molecular complexity index is 934. The van der Waals surface area contributed by atoms with Crippen LogP contribution in [0.1, 0.15) is 31.8 Å². The van der Waals surface area contributed by atoms with E-state index in [-0.39, 0.29) is 16.7 Å². The molecule has 1 aromatic heterocycles. The molecular weight excluding hydrogens is 377 g/mol. The number of imidazole rings is 1. The van der Waals surface area contributed by atoms with Gasteiger partial charge in [-0.3, -0.25) is 0 Å². The zero-order valence-electron chi connectivity index (χ0n) is 14.5. The van der Waals surface area contributed by atoms with Crippen LogP contribution in [0.25, 0.3) is 5.69 Å². The largest absolute Gasteiger partial charge is 0.478 e. The fourth-order valence-corrected chi connectivity index (χ4v) is 2.33. The molecule has 2 N–H and O–H groups in total. The molecule has 9 heteroatoms. The third-order valence-corrected chi connectivity index (χ3v) is 3.79. The maximum atomic E-state index is 12.2. The summed E-state index contributed by atoms with van der Waals surface area (Å²) in [6, 6.07) is 9.09. The highest BCUT2D eigenvalue weighted by atomic mass is 19.4. The molecule has 0 saturated carbocycles. The molecule has 2 aromatic carbocycles. The van der Waals surface area contributed by atoms with Crippen LogP contribution in [0.4, 0.5) is 13.2 Å². The van der Waals surface area contributed by atoms with E-state index in [4.69, 9.17) is 10.2 Å². The van der Waals surface area contributed by atoms with E-state index in [0.29, 0.717) is 5.69 Å². The van der Waals surface area contributed by atoms with Gasteiger partial charge in [0.1, 0.15) is 0 Å². The van der Waals surface area contributed by atoms with Gasteiger partial charge in [0.05, 0.1) is 23.0 Å². The smallest absolute Gasteiger partial charge is 0.416 e. The van der Waals surface area contributed by atoms with Gasteiger partial charge in [0.15, 0.2) is 0 Å². The molecule has 0 aliphatic heterocycles. The van der Waals surface area contributed by atoms with E-state index in [1.165, 1.54) is 43.6 Å². The van der Waals surface area contributed by atoms with Gasteiger partial charge < -0.3 is 14.8 Å². The number of rotatable bonds is 3. The fourth-order valence-electron chi connectivity index (χ4n) is 2.33. The van der Waals surface area contributed by atoms with Crippen LogP contribution in [0.3, 0.4) is 0 Å². The molecule has 0 amide bonds. The molecule has 0 unspecified atom stereocenters. The van der Waals surface area contributed by atoms with Crippen LogP contribution in [0, 0.1) is 6.92 Å². The predicted molar refractivity (Wildman–Crippen MR) is 93.7 cm³/mol. The SMILES string of the molecule is Cc1c(C(=O)O)cccc1C(=O)O.FC(F)(F)c1ccc(-n2ccnc2)cc1. The van der Waals surface area contributed by atoms with Gasteiger partial charge in [0.25, 0.3) is 0 Å². The zero-order valence-corrected chi connectivity index (χ0v) is 14.5. The number of benzene rings is 2. The lowest BCUT2D eigenvalue weighted by Gasteiger charge is -2.07. The number of carboxylic acids is 2. The monoisotopic (exact) mass is 392 g/mol. The van der Waals surface area contributed by atoms with Crippen LogP contribution < -0.4 is 0 Å². The van der Waals surface area contributed by atoms with Crippen molar-refractivity contribution in [2.75, 3.05) is 0 Å². The Labute approximate surface area is 157 Å². The molecule has 0 bridgehead atoms. The average Bonchev–Trinajstić information content (AvgIpc) is 3.16. The maximum Gasteiger partial charge on any atom is 0.416 e. The summed E-state index contributed by atoms with van der Waals surface area (Å²) in [7, 11) is 0. The maximum absolute atomic E-state index is 12.2. The average molecular weight is 392 g/mol. The number of carboxylic acid groups (broad SMARTS) is 2. The Morgan fingerprint density at radius 3 is 1.89 bits per heavy atom. The van der Waals surface area contributed by atoms with E-state index in [1.807, 2.05) is 0 Å². The lowest BCUT2D eigenvalue weighted by molar-refractivity contribution is -0.137. The van der Waals surface area contributed by atoms with Gasteiger partial charge in [-0.05, 0) is 48.9 Å². The highest BCUT2D eigenvalue weighted by Crippen LogP contribution is 2.29. The molecule has 0 atom stereocenters. The van der Waals surface area contributed by atoms with Crippen LogP contribution in [-0.2, 0) is 6.18 Å². The summed E-state index contributed by atoms with van der Waals surface area (Å²) < 4.78 is 38.4. The minimum Gasteiger partial charge on any atom is -0.478 e. The first-order valence-corrected chi connectivity index (χ1v) is 7.83. The van der Waals surface area contributed by atoms with Crippen LogP contribution in [0.5, 0.6) is 0 Å². The number of aromatic carboxylic acids is 2. The number of hydrogen-bond acceptors (Lipinski definition) is 3. The minimum absolute atomic E-state index is 0.0277. The molecule has 28 heavy (non-hydrogen) atoms. The Kier molecular flexibility index (Phi) is 6.19. The van der Waals surface area contributed by atoms with Gasteiger partial charge in [0, 0.05) is 18.1 Å². The van der Waals surface area contributed by atoms with E-state index in [1.54, 1.807) is 17.0 Å². The summed E-state index contributed by atoms with van der Waals surface area (Å²) in [6.45, 7) is 1.48. The van der Waals surface area contributed by atoms with Gasteiger partial charge in [-0.1, -0.05) is 6.07 Å². The van der Waals surface area contributed by atoms with Gasteiger partial charge >= 0.3 is 18.1 Å². The normalized spacial score (nSPS) is 10.7. The molecule has 0 saturated heterocycles. The third kappa shape index (κ3) is 4.97. The number of alkyl halides is 3. The van der Waals surface area contributed by atoms with Crippen molar-refractivity contribution >= 4 is 11.9 Å². The molecule has 1 heterocycles. The second-order valence-corrected chi connectivity index (χ2v) is 5.60. The minimum atomic E-state index is -4.28. The molecule has 146 valence electrons. The van der Waals surface area contributed by atoms with Crippen LogP contribution in [0.2, 0.25) is 0 Å². The first-order valence-electron chi connectivity index (χ1n) is 7.83. The summed E-state index contributed by atoms with van der Waals surface area (Å²) in [5.74, 6) is -2.22. The van der Waals surface area contributed by atoms with Crippen LogP contribution in [-0.4, -0.2) is 31.7 Å². The van der Waals surface area contributed by atoms with E-state index in [0.717, 1.165) is 12.1 Å². The molecule has 0 fully saturated rings. The van der Waals surface area contributed by atoms with E-state index in [9.17, 15) is 22.8 Å². The number of halogens is 3. The summed E-state index contributed by atoms with van der Waals surface area (Å²) in [5.41, 5.74) is 0.342. The van der Waals surface area contributed by atoms with Gasteiger partial charge in [-0.15, -0.1) is 0 Å². The highest BCUT2D eigenvalue weighted by Gasteiger charge is 2.29. The van der Waals surface area contributed by atoms with Crippen LogP contribution in [0.15, 0.2) is 61.2 Å². The van der Waals surface area contributed by atoms with Crippen molar-refractivity contribution < 1.29 is 33.0 Å². The van der Waals surface area contributed by atoms with Crippen molar-refractivity contribution in [2.45, 2.75) is 13.1 Å². The number of hydrogen-bond donors (Lipinski definition) is 2. The molecule has 0 aliphatic rings. The molecule has 0 spiro atoms. The first-order chi connectivity index (χ1) is 13.1. The number of nitrogens with zero attached hydrogens (tertiary/aromatic N) is 2. The van der Waals surface area contributed by atoms with Crippen molar-refractivity contribution in [3.8, 4) is 5.69 Å². The molecular formula is C19H15F3N2O4. The molecule has 6 nitrogen and oxygen atoms in total. The van der Waals surface area contributed by atoms with E-state index < -0.39 is 23.7 Å².